The summed E-state index contributed by atoms with van der Waals surface area (Å²) >= 11 is 0. The zero-order valence-corrected chi connectivity index (χ0v) is 10.5. The van der Waals surface area contributed by atoms with Gasteiger partial charge in [-0.3, -0.25) is 11.3 Å². The fourth-order valence-corrected chi connectivity index (χ4v) is 2.45. The second-order valence-electron chi connectivity index (χ2n) is 4.46. The molecule has 1 unspecified atom stereocenters. The maximum atomic E-state index is 14.2. The highest BCUT2D eigenvalue weighted by molar-refractivity contribution is 5.33. The average molecular weight is 254 g/mol. The lowest BCUT2D eigenvalue weighted by Crippen LogP contribution is -2.36. The zero-order chi connectivity index (χ0) is 13.0. The first-order valence-electron chi connectivity index (χ1n) is 6.14. The third-order valence-electron chi connectivity index (χ3n) is 3.47. The van der Waals surface area contributed by atoms with Gasteiger partial charge in [0.05, 0.1) is 13.2 Å². The van der Waals surface area contributed by atoms with Crippen LogP contribution in [-0.2, 0) is 4.74 Å². The number of halogens is 1. The minimum absolute atomic E-state index is 0.205. The van der Waals surface area contributed by atoms with E-state index >= 15 is 0 Å². The predicted octanol–water partition coefficient (Wildman–Crippen LogP) is 1.77. The first-order chi connectivity index (χ1) is 8.77. The van der Waals surface area contributed by atoms with Crippen molar-refractivity contribution in [3.63, 3.8) is 0 Å². The highest BCUT2D eigenvalue weighted by Crippen LogP contribution is 2.33. The van der Waals surface area contributed by atoms with Crippen LogP contribution in [-0.4, -0.2) is 20.3 Å². The summed E-state index contributed by atoms with van der Waals surface area (Å²) in [6, 6.07) is 4.93. The van der Waals surface area contributed by atoms with E-state index in [0.717, 1.165) is 12.8 Å². The topological polar surface area (TPSA) is 56.5 Å². The van der Waals surface area contributed by atoms with Gasteiger partial charge >= 0.3 is 0 Å². The summed E-state index contributed by atoms with van der Waals surface area (Å²) in [6.07, 6.45) is 1.76. The van der Waals surface area contributed by atoms with E-state index in [4.69, 9.17) is 15.3 Å². The summed E-state index contributed by atoms with van der Waals surface area (Å²) in [5, 5.41) is 0. The van der Waals surface area contributed by atoms with Crippen molar-refractivity contribution in [3.8, 4) is 5.75 Å². The molecular formula is C13H19FN2O2. The van der Waals surface area contributed by atoms with Crippen LogP contribution in [0.15, 0.2) is 18.2 Å². The lowest BCUT2D eigenvalue weighted by Gasteiger charge is -2.30. The van der Waals surface area contributed by atoms with Gasteiger partial charge in [-0.15, -0.1) is 0 Å². The lowest BCUT2D eigenvalue weighted by atomic mass is 9.87. The van der Waals surface area contributed by atoms with Gasteiger partial charge in [0.25, 0.3) is 0 Å². The SMILES string of the molecule is COc1cccc(C(NN)C2CCOCC2)c1F. The summed E-state index contributed by atoms with van der Waals surface area (Å²) in [5.74, 6) is 5.79. The van der Waals surface area contributed by atoms with Crippen LogP contribution in [0.25, 0.3) is 0 Å². The summed E-state index contributed by atoms with van der Waals surface area (Å²) in [5.41, 5.74) is 3.29. The molecule has 1 saturated heterocycles. The lowest BCUT2D eigenvalue weighted by molar-refractivity contribution is 0.0531. The van der Waals surface area contributed by atoms with Gasteiger partial charge in [-0.2, -0.15) is 0 Å². The number of rotatable bonds is 4. The number of hydrogen-bond acceptors (Lipinski definition) is 4. The maximum Gasteiger partial charge on any atom is 0.169 e. The van der Waals surface area contributed by atoms with E-state index in [1.807, 2.05) is 0 Å². The predicted molar refractivity (Wildman–Crippen MR) is 66.6 cm³/mol. The molecule has 1 heterocycles. The van der Waals surface area contributed by atoms with Gasteiger partial charge in [0.1, 0.15) is 0 Å². The normalized spacial score (nSPS) is 18.6. The van der Waals surface area contributed by atoms with E-state index in [2.05, 4.69) is 5.43 Å². The number of hydrazine groups is 1. The standard InChI is InChI=1S/C13H19FN2O2/c1-17-11-4-2-3-10(12(11)14)13(16-15)9-5-7-18-8-6-9/h2-4,9,13,16H,5-8,15H2,1H3. The molecule has 2 rings (SSSR count). The Morgan fingerprint density at radius 3 is 2.78 bits per heavy atom. The molecule has 18 heavy (non-hydrogen) atoms. The van der Waals surface area contributed by atoms with Crippen LogP contribution >= 0.6 is 0 Å². The molecule has 4 nitrogen and oxygen atoms in total. The average Bonchev–Trinajstić information content (AvgIpc) is 2.43. The molecule has 3 N–H and O–H groups in total. The Hall–Kier alpha value is -1.17. The summed E-state index contributed by atoms with van der Waals surface area (Å²) in [6.45, 7) is 1.41. The molecule has 1 aliphatic rings. The molecule has 0 saturated carbocycles. The van der Waals surface area contributed by atoms with Crippen molar-refractivity contribution in [3.05, 3.63) is 29.6 Å². The molecule has 0 amide bonds. The van der Waals surface area contributed by atoms with E-state index in [1.54, 1.807) is 18.2 Å². The molecule has 0 aromatic heterocycles. The van der Waals surface area contributed by atoms with Crippen molar-refractivity contribution in [1.29, 1.82) is 0 Å². The smallest absolute Gasteiger partial charge is 0.169 e. The Labute approximate surface area is 106 Å². The van der Waals surface area contributed by atoms with Crippen LogP contribution in [0.1, 0.15) is 24.4 Å². The Morgan fingerprint density at radius 1 is 1.44 bits per heavy atom. The molecule has 5 heteroatoms. The molecule has 1 atom stereocenters. The number of nitrogens with two attached hydrogens (primary N) is 1. The van der Waals surface area contributed by atoms with Gasteiger partial charge in [-0.25, -0.2) is 4.39 Å². The first kappa shape index (κ1) is 13.3. The number of hydrogen-bond donors (Lipinski definition) is 2. The fourth-order valence-electron chi connectivity index (χ4n) is 2.45. The van der Waals surface area contributed by atoms with Gasteiger partial charge < -0.3 is 9.47 Å². The molecule has 1 aromatic carbocycles. The molecule has 100 valence electrons. The van der Waals surface area contributed by atoms with E-state index in [1.165, 1.54) is 7.11 Å². The Morgan fingerprint density at radius 2 is 2.17 bits per heavy atom. The van der Waals surface area contributed by atoms with Crippen LogP contribution in [0, 0.1) is 11.7 Å². The maximum absolute atomic E-state index is 14.2. The molecule has 0 aliphatic carbocycles. The van der Waals surface area contributed by atoms with Crippen LogP contribution in [0.2, 0.25) is 0 Å². The van der Waals surface area contributed by atoms with Crippen molar-refractivity contribution < 1.29 is 13.9 Å². The third kappa shape index (κ3) is 2.63. The van der Waals surface area contributed by atoms with Crippen molar-refractivity contribution in [1.82, 2.24) is 5.43 Å². The number of methoxy groups -OCH3 is 1. The number of ether oxygens (including phenoxy) is 2. The molecule has 0 bridgehead atoms. The van der Waals surface area contributed by atoms with E-state index in [0.29, 0.717) is 18.8 Å². The minimum atomic E-state index is -0.338. The Balaban J connectivity index is 2.26. The van der Waals surface area contributed by atoms with Crippen molar-refractivity contribution >= 4 is 0 Å². The quantitative estimate of drug-likeness (QED) is 0.635. The van der Waals surface area contributed by atoms with E-state index in [-0.39, 0.29) is 23.5 Å². The second-order valence-corrected chi connectivity index (χ2v) is 4.46. The minimum Gasteiger partial charge on any atom is -0.494 e. The summed E-state index contributed by atoms with van der Waals surface area (Å²) in [7, 11) is 1.46. The highest BCUT2D eigenvalue weighted by atomic mass is 19.1. The highest BCUT2D eigenvalue weighted by Gasteiger charge is 2.27. The van der Waals surface area contributed by atoms with Crippen LogP contribution in [0.5, 0.6) is 5.75 Å². The fraction of sp³-hybridized carbons (Fsp3) is 0.538. The van der Waals surface area contributed by atoms with Crippen molar-refractivity contribution in [2.75, 3.05) is 20.3 Å². The van der Waals surface area contributed by atoms with Gasteiger partial charge in [0.15, 0.2) is 11.6 Å². The van der Waals surface area contributed by atoms with Gasteiger partial charge in [0.2, 0.25) is 0 Å². The Bertz CT molecular complexity index is 395. The largest absolute Gasteiger partial charge is 0.494 e. The molecule has 0 spiro atoms. The molecule has 1 aromatic rings. The summed E-state index contributed by atoms with van der Waals surface area (Å²) < 4.78 is 24.5. The second kappa shape index (κ2) is 6.13. The van der Waals surface area contributed by atoms with Crippen molar-refractivity contribution in [2.45, 2.75) is 18.9 Å². The summed E-state index contributed by atoms with van der Waals surface area (Å²) in [4.78, 5) is 0. The molecular weight excluding hydrogens is 235 g/mol. The zero-order valence-electron chi connectivity index (χ0n) is 10.5. The first-order valence-corrected chi connectivity index (χ1v) is 6.14. The molecule has 0 radical (unpaired) electrons. The van der Waals surface area contributed by atoms with Gasteiger partial charge in [-0.1, -0.05) is 12.1 Å². The molecule has 1 aliphatic heterocycles. The number of nitrogens with one attached hydrogen (secondary N) is 1. The van der Waals surface area contributed by atoms with Gasteiger partial charge in [-0.05, 0) is 24.8 Å². The third-order valence-corrected chi connectivity index (χ3v) is 3.47. The van der Waals surface area contributed by atoms with Gasteiger partial charge in [0, 0.05) is 18.8 Å². The van der Waals surface area contributed by atoms with E-state index < -0.39 is 0 Å². The number of benzene rings is 1. The Kier molecular flexibility index (Phi) is 4.52. The van der Waals surface area contributed by atoms with Crippen molar-refractivity contribution in [2.24, 2.45) is 11.8 Å². The van der Waals surface area contributed by atoms with Crippen LogP contribution in [0.4, 0.5) is 4.39 Å². The van der Waals surface area contributed by atoms with Crippen LogP contribution in [0.3, 0.4) is 0 Å². The monoisotopic (exact) mass is 254 g/mol. The van der Waals surface area contributed by atoms with Crippen LogP contribution < -0.4 is 16.0 Å². The van der Waals surface area contributed by atoms with E-state index in [9.17, 15) is 4.39 Å². The molecule has 1 fully saturated rings.